The minimum Gasteiger partial charge on any atom is -0.310 e. The van der Waals surface area contributed by atoms with Gasteiger partial charge < -0.3 is 4.90 Å². The first-order valence-electron chi connectivity index (χ1n) is 19.3. The second-order valence-electron chi connectivity index (χ2n) is 17.9. The van der Waals surface area contributed by atoms with E-state index < -0.39 is 0 Å². The maximum absolute atomic E-state index is 2.51. The highest BCUT2D eigenvalue weighted by Gasteiger charge is 2.46. The Hall–Kier alpha value is -5.40. The van der Waals surface area contributed by atoms with Gasteiger partial charge in [0.25, 0.3) is 0 Å². The van der Waals surface area contributed by atoms with E-state index in [1.807, 2.05) is 0 Å². The van der Waals surface area contributed by atoms with E-state index in [9.17, 15) is 0 Å². The van der Waals surface area contributed by atoms with Crippen LogP contribution in [0, 0.1) is 0 Å². The highest BCUT2D eigenvalue weighted by atomic mass is 15.1. The Morgan fingerprint density at radius 2 is 0.717 bits per heavy atom. The van der Waals surface area contributed by atoms with Gasteiger partial charge in [0, 0.05) is 27.9 Å². The van der Waals surface area contributed by atoms with Gasteiger partial charge in [0.2, 0.25) is 0 Å². The smallest absolute Gasteiger partial charge is 0.0468 e. The van der Waals surface area contributed by atoms with Crippen LogP contribution < -0.4 is 4.90 Å². The number of hydrogen-bond acceptors (Lipinski definition) is 1. The first kappa shape index (κ1) is 32.3. The Bertz CT molecular complexity index is 2680. The van der Waals surface area contributed by atoms with Gasteiger partial charge >= 0.3 is 0 Å². The predicted molar refractivity (Wildman–Crippen MR) is 225 cm³/mol. The van der Waals surface area contributed by atoms with E-state index in [0.29, 0.717) is 0 Å². The zero-order chi connectivity index (χ0) is 36.7. The van der Waals surface area contributed by atoms with Crippen LogP contribution in [0.3, 0.4) is 0 Å². The number of anilines is 3. The summed E-state index contributed by atoms with van der Waals surface area (Å²) in [6, 6.07) is 53.3. The fourth-order valence-electron chi connectivity index (χ4n) is 10.2. The molecule has 7 aromatic carbocycles. The second kappa shape index (κ2) is 10.6. The quantitative estimate of drug-likeness (QED) is 0.179. The van der Waals surface area contributed by atoms with E-state index in [2.05, 4.69) is 200 Å². The summed E-state index contributed by atoms with van der Waals surface area (Å²) in [5.41, 5.74) is 19.8. The fourth-order valence-corrected chi connectivity index (χ4v) is 10.2. The maximum atomic E-state index is 2.51. The number of nitrogens with zero attached hydrogens (tertiary/aromatic N) is 1. The van der Waals surface area contributed by atoms with E-state index in [4.69, 9.17) is 0 Å². The van der Waals surface area contributed by atoms with Crippen LogP contribution in [0.1, 0.15) is 88.8 Å². The largest absolute Gasteiger partial charge is 0.310 e. The summed E-state index contributed by atoms with van der Waals surface area (Å²) in [7, 11) is 0. The third-order valence-corrected chi connectivity index (χ3v) is 14.0. The van der Waals surface area contributed by atoms with Crippen LogP contribution in [0.25, 0.3) is 44.2 Å². The topological polar surface area (TPSA) is 3.24 Å². The minimum atomic E-state index is -0.0935. The summed E-state index contributed by atoms with van der Waals surface area (Å²) in [4.78, 5) is 2.51. The molecule has 0 unspecified atom stereocenters. The van der Waals surface area contributed by atoms with Crippen molar-refractivity contribution in [2.45, 2.75) is 77.0 Å². The fraction of sp³-hybridized carbons (Fsp3) is 0.231. The van der Waals surface area contributed by atoms with E-state index in [1.165, 1.54) is 94.6 Å². The van der Waals surface area contributed by atoms with Crippen molar-refractivity contribution in [1.29, 1.82) is 0 Å². The van der Waals surface area contributed by atoms with Crippen LogP contribution >= 0.6 is 0 Å². The van der Waals surface area contributed by atoms with Crippen molar-refractivity contribution < 1.29 is 0 Å². The summed E-state index contributed by atoms with van der Waals surface area (Å²) in [6.07, 6.45) is 0. The summed E-state index contributed by atoms with van der Waals surface area (Å²) < 4.78 is 0. The van der Waals surface area contributed by atoms with Crippen molar-refractivity contribution in [3.05, 3.63) is 173 Å². The number of hydrogen-bond donors (Lipinski definition) is 0. The molecule has 0 fully saturated rings. The molecule has 0 heterocycles. The molecule has 0 aliphatic heterocycles. The SMILES string of the molecule is CC1(C)c2ccccc2-c2ccc(N(c3ccc4c(c3)C(C)(C)C(C)(C)c3ccccc3-4)c3ccc4cc5c(cc4c3)C(C)(C)c3ccccc3-5)cc21. The van der Waals surface area contributed by atoms with Gasteiger partial charge in [-0.25, -0.2) is 0 Å². The van der Waals surface area contributed by atoms with Gasteiger partial charge in [-0.2, -0.15) is 0 Å². The Balaban J connectivity index is 1.19. The van der Waals surface area contributed by atoms with Crippen molar-refractivity contribution in [1.82, 2.24) is 0 Å². The van der Waals surface area contributed by atoms with Gasteiger partial charge in [0.05, 0.1) is 0 Å². The van der Waals surface area contributed by atoms with Gasteiger partial charge in [-0.3, -0.25) is 0 Å². The molecule has 3 aliphatic carbocycles. The molecule has 0 spiro atoms. The Kier molecular flexibility index (Phi) is 6.45. The van der Waals surface area contributed by atoms with Crippen LogP contribution in [0.5, 0.6) is 0 Å². The average molecular weight is 686 g/mol. The molecule has 0 atom stereocenters. The average Bonchev–Trinajstić information content (AvgIpc) is 3.52. The van der Waals surface area contributed by atoms with Crippen LogP contribution in [-0.2, 0) is 21.7 Å². The Morgan fingerprint density at radius 3 is 1.34 bits per heavy atom. The summed E-state index contributed by atoms with van der Waals surface area (Å²) in [6.45, 7) is 19.2. The lowest BCUT2D eigenvalue weighted by atomic mass is 9.55. The first-order valence-corrected chi connectivity index (χ1v) is 19.3. The molecule has 10 rings (SSSR count). The Morgan fingerprint density at radius 1 is 0.302 bits per heavy atom. The molecule has 0 amide bonds. The molecule has 0 bridgehead atoms. The van der Waals surface area contributed by atoms with Gasteiger partial charge in [-0.1, -0.05) is 146 Å². The molecule has 3 aliphatic rings. The zero-order valence-electron chi connectivity index (χ0n) is 32.2. The lowest BCUT2D eigenvalue weighted by Gasteiger charge is -2.48. The van der Waals surface area contributed by atoms with Crippen LogP contribution in [0.15, 0.2) is 140 Å². The van der Waals surface area contributed by atoms with Crippen LogP contribution in [0.2, 0.25) is 0 Å². The molecule has 0 N–H and O–H groups in total. The lowest BCUT2D eigenvalue weighted by Crippen LogP contribution is -2.43. The van der Waals surface area contributed by atoms with Gasteiger partial charge in [-0.15, -0.1) is 0 Å². The van der Waals surface area contributed by atoms with Crippen LogP contribution in [-0.4, -0.2) is 0 Å². The maximum Gasteiger partial charge on any atom is 0.0468 e. The van der Waals surface area contributed by atoms with Gasteiger partial charge in [-0.05, 0) is 137 Å². The van der Waals surface area contributed by atoms with Gasteiger partial charge in [0.15, 0.2) is 0 Å². The second-order valence-corrected chi connectivity index (χ2v) is 17.9. The normalized spacial score (nSPS) is 17.3. The number of fused-ring (bicyclic) bond motifs is 10. The molecular formula is C52H47N. The molecule has 0 radical (unpaired) electrons. The highest BCUT2D eigenvalue weighted by Crippen LogP contribution is 2.56. The summed E-state index contributed by atoms with van der Waals surface area (Å²) in [5.74, 6) is 0. The van der Waals surface area contributed by atoms with Crippen molar-refractivity contribution >= 4 is 27.8 Å². The summed E-state index contributed by atoms with van der Waals surface area (Å²) in [5, 5.41) is 2.55. The highest BCUT2D eigenvalue weighted by molar-refractivity contribution is 5.97. The number of benzene rings is 7. The Labute approximate surface area is 315 Å². The predicted octanol–water partition coefficient (Wildman–Crippen LogP) is 14.2. The lowest BCUT2D eigenvalue weighted by molar-refractivity contribution is 0.299. The molecule has 1 heteroatoms. The number of rotatable bonds is 3. The molecule has 0 saturated heterocycles. The van der Waals surface area contributed by atoms with E-state index in [0.717, 1.165) is 0 Å². The van der Waals surface area contributed by atoms with Crippen LogP contribution in [0.4, 0.5) is 17.1 Å². The summed E-state index contributed by atoms with van der Waals surface area (Å²) >= 11 is 0. The van der Waals surface area contributed by atoms with Crippen molar-refractivity contribution in [3.8, 4) is 33.4 Å². The first-order chi connectivity index (χ1) is 25.3. The molecule has 53 heavy (non-hydrogen) atoms. The molecule has 260 valence electrons. The molecule has 7 aromatic rings. The molecule has 1 nitrogen and oxygen atoms in total. The van der Waals surface area contributed by atoms with Crippen molar-refractivity contribution in [2.24, 2.45) is 0 Å². The standard InChI is InChI=1S/C52H47N/c1-49(2)44-19-13-10-17-39(44)42-28-32-21-22-34(27-33(32)29-46(42)49)53(35-23-25-40-37-15-9-12-18-43(37)50(3,4)47(40)30-35)36-24-26-41-38-16-11-14-20-45(38)51(5,6)52(7,8)48(41)31-36/h9-31H,1-8H3. The van der Waals surface area contributed by atoms with E-state index in [1.54, 1.807) is 0 Å². The van der Waals surface area contributed by atoms with Gasteiger partial charge in [0.1, 0.15) is 0 Å². The van der Waals surface area contributed by atoms with E-state index in [-0.39, 0.29) is 21.7 Å². The van der Waals surface area contributed by atoms with E-state index >= 15 is 0 Å². The molecule has 0 aromatic heterocycles. The third-order valence-electron chi connectivity index (χ3n) is 14.0. The minimum absolute atomic E-state index is 0.0445. The van der Waals surface area contributed by atoms with Crippen molar-refractivity contribution in [3.63, 3.8) is 0 Å². The molecule has 0 saturated carbocycles. The zero-order valence-corrected chi connectivity index (χ0v) is 32.2. The van der Waals surface area contributed by atoms with Crippen molar-refractivity contribution in [2.75, 3.05) is 4.90 Å². The molecular weight excluding hydrogens is 639 g/mol. The monoisotopic (exact) mass is 685 g/mol. The third kappa shape index (κ3) is 4.25.